The summed E-state index contributed by atoms with van der Waals surface area (Å²) in [7, 11) is 1.71. The van der Waals surface area contributed by atoms with Gasteiger partial charge in [0.1, 0.15) is 5.75 Å². The van der Waals surface area contributed by atoms with Gasteiger partial charge in [-0.1, -0.05) is 25.0 Å². The number of ether oxygens (including phenoxy) is 1. The molecule has 0 saturated heterocycles. The van der Waals surface area contributed by atoms with E-state index in [1.54, 1.807) is 7.11 Å². The summed E-state index contributed by atoms with van der Waals surface area (Å²) in [5, 5.41) is 0. The van der Waals surface area contributed by atoms with Crippen molar-refractivity contribution in [3.05, 3.63) is 29.8 Å². The highest BCUT2D eigenvalue weighted by molar-refractivity contribution is 5.35. The van der Waals surface area contributed by atoms with Crippen molar-refractivity contribution in [2.24, 2.45) is 5.73 Å². The Morgan fingerprint density at radius 2 is 2.07 bits per heavy atom. The van der Waals surface area contributed by atoms with Gasteiger partial charge in [0.05, 0.1) is 7.11 Å². The van der Waals surface area contributed by atoms with E-state index in [-0.39, 0.29) is 5.41 Å². The van der Waals surface area contributed by atoms with Crippen LogP contribution in [0.4, 0.5) is 0 Å². The Bertz CT molecular complexity index is 329. The van der Waals surface area contributed by atoms with E-state index >= 15 is 0 Å². The Morgan fingerprint density at radius 3 is 2.67 bits per heavy atom. The Kier molecular flexibility index (Phi) is 2.96. The van der Waals surface area contributed by atoms with Gasteiger partial charge in [-0.2, -0.15) is 0 Å². The summed E-state index contributed by atoms with van der Waals surface area (Å²) in [6, 6.07) is 8.37. The third-order valence-corrected chi connectivity index (χ3v) is 3.63. The first-order valence-electron chi connectivity index (χ1n) is 5.65. The number of rotatable bonds is 3. The fourth-order valence-electron chi connectivity index (χ4n) is 2.62. The maximum Gasteiger partial charge on any atom is 0.119 e. The lowest BCUT2D eigenvalue weighted by Crippen LogP contribution is -2.31. The van der Waals surface area contributed by atoms with Crippen molar-refractivity contribution in [2.45, 2.75) is 31.1 Å². The molecule has 15 heavy (non-hydrogen) atoms. The van der Waals surface area contributed by atoms with E-state index in [9.17, 15) is 0 Å². The van der Waals surface area contributed by atoms with Gasteiger partial charge in [0, 0.05) is 12.0 Å². The lowest BCUT2D eigenvalue weighted by molar-refractivity contribution is 0.407. The van der Waals surface area contributed by atoms with Crippen LogP contribution in [0.5, 0.6) is 5.75 Å². The first-order valence-corrected chi connectivity index (χ1v) is 5.65. The molecule has 0 unspecified atom stereocenters. The predicted molar refractivity (Wildman–Crippen MR) is 62.2 cm³/mol. The standard InChI is InChI=1S/C13H19NO/c1-15-12-6-4-5-11(9-12)13(10-14)7-2-3-8-13/h4-6,9H,2-3,7-8,10,14H2,1H3. The third kappa shape index (κ3) is 1.86. The van der Waals surface area contributed by atoms with Crippen molar-refractivity contribution >= 4 is 0 Å². The second-order valence-corrected chi connectivity index (χ2v) is 4.42. The summed E-state index contributed by atoms with van der Waals surface area (Å²) in [4.78, 5) is 0. The van der Waals surface area contributed by atoms with Gasteiger partial charge >= 0.3 is 0 Å². The fourth-order valence-corrected chi connectivity index (χ4v) is 2.62. The molecule has 2 nitrogen and oxygen atoms in total. The van der Waals surface area contributed by atoms with Crippen molar-refractivity contribution in [3.8, 4) is 5.75 Å². The van der Waals surface area contributed by atoms with Gasteiger partial charge in [-0.3, -0.25) is 0 Å². The topological polar surface area (TPSA) is 35.2 Å². The quantitative estimate of drug-likeness (QED) is 0.822. The molecule has 0 amide bonds. The molecule has 0 bridgehead atoms. The van der Waals surface area contributed by atoms with Crippen LogP contribution in [-0.4, -0.2) is 13.7 Å². The van der Waals surface area contributed by atoms with Crippen LogP contribution in [0.1, 0.15) is 31.2 Å². The lowest BCUT2D eigenvalue weighted by Gasteiger charge is -2.28. The van der Waals surface area contributed by atoms with Gasteiger partial charge in [0.15, 0.2) is 0 Å². The summed E-state index contributed by atoms with van der Waals surface area (Å²) in [5.74, 6) is 0.937. The van der Waals surface area contributed by atoms with E-state index in [1.165, 1.54) is 31.2 Å². The number of hydrogen-bond acceptors (Lipinski definition) is 2. The Morgan fingerprint density at radius 1 is 1.33 bits per heavy atom. The van der Waals surface area contributed by atoms with Crippen molar-refractivity contribution in [3.63, 3.8) is 0 Å². The molecule has 0 aromatic heterocycles. The van der Waals surface area contributed by atoms with E-state index < -0.39 is 0 Å². The minimum absolute atomic E-state index is 0.217. The molecule has 1 saturated carbocycles. The summed E-state index contributed by atoms with van der Waals surface area (Å²) >= 11 is 0. The average Bonchev–Trinajstić information content (AvgIpc) is 2.79. The predicted octanol–water partition coefficient (Wildman–Crippen LogP) is 2.47. The van der Waals surface area contributed by atoms with Crippen LogP contribution < -0.4 is 10.5 Å². The van der Waals surface area contributed by atoms with Gasteiger partial charge in [-0.05, 0) is 30.5 Å². The molecule has 0 atom stereocenters. The lowest BCUT2D eigenvalue weighted by atomic mass is 9.79. The molecule has 2 heteroatoms. The highest BCUT2D eigenvalue weighted by atomic mass is 16.5. The van der Waals surface area contributed by atoms with Gasteiger partial charge in [-0.15, -0.1) is 0 Å². The highest BCUT2D eigenvalue weighted by Gasteiger charge is 2.34. The molecule has 2 N–H and O–H groups in total. The van der Waals surface area contributed by atoms with Crippen molar-refractivity contribution in [2.75, 3.05) is 13.7 Å². The summed E-state index contributed by atoms with van der Waals surface area (Å²) in [6.45, 7) is 0.750. The number of nitrogens with two attached hydrogens (primary N) is 1. The van der Waals surface area contributed by atoms with Crippen molar-refractivity contribution in [1.82, 2.24) is 0 Å². The third-order valence-electron chi connectivity index (χ3n) is 3.63. The van der Waals surface area contributed by atoms with Crippen LogP contribution in [0, 0.1) is 0 Å². The van der Waals surface area contributed by atoms with Crippen molar-refractivity contribution < 1.29 is 4.74 Å². The molecule has 1 aromatic rings. The molecule has 0 spiro atoms. The zero-order valence-corrected chi connectivity index (χ0v) is 9.33. The van der Waals surface area contributed by atoms with E-state index in [1.807, 2.05) is 6.07 Å². The van der Waals surface area contributed by atoms with Crippen LogP contribution in [0.2, 0.25) is 0 Å². The molecule has 1 aliphatic rings. The van der Waals surface area contributed by atoms with E-state index in [0.717, 1.165) is 12.3 Å². The normalized spacial score (nSPS) is 19.1. The molecule has 2 rings (SSSR count). The van der Waals surface area contributed by atoms with Crippen molar-refractivity contribution in [1.29, 1.82) is 0 Å². The molecule has 1 fully saturated rings. The molecule has 0 aliphatic heterocycles. The van der Waals surface area contributed by atoms with Crippen LogP contribution in [0.25, 0.3) is 0 Å². The molecule has 0 heterocycles. The Labute approximate surface area is 91.4 Å². The summed E-state index contributed by atoms with van der Waals surface area (Å²) in [6.07, 6.45) is 5.04. The average molecular weight is 205 g/mol. The Balaban J connectivity index is 2.33. The van der Waals surface area contributed by atoms with Gasteiger partial charge in [0.2, 0.25) is 0 Å². The van der Waals surface area contributed by atoms with Crippen LogP contribution in [-0.2, 0) is 5.41 Å². The fraction of sp³-hybridized carbons (Fsp3) is 0.538. The zero-order valence-electron chi connectivity index (χ0n) is 9.33. The Hall–Kier alpha value is -1.02. The first-order chi connectivity index (χ1) is 7.30. The van der Waals surface area contributed by atoms with Crippen LogP contribution >= 0.6 is 0 Å². The monoisotopic (exact) mass is 205 g/mol. The van der Waals surface area contributed by atoms with Gasteiger partial charge in [0.25, 0.3) is 0 Å². The van der Waals surface area contributed by atoms with Gasteiger partial charge in [-0.25, -0.2) is 0 Å². The molecular weight excluding hydrogens is 186 g/mol. The number of methoxy groups -OCH3 is 1. The molecule has 1 aliphatic carbocycles. The number of hydrogen-bond donors (Lipinski definition) is 1. The molecule has 0 radical (unpaired) electrons. The van der Waals surface area contributed by atoms with Crippen LogP contribution in [0.15, 0.2) is 24.3 Å². The summed E-state index contributed by atoms with van der Waals surface area (Å²) in [5.41, 5.74) is 7.52. The van der Waals surface area contributed by atoms with E-state index in [0.29, 0.717) is 0 Å². The summed E-state index contributed by atoms with van der Waals surface area (Å²) < 4.78 is 5.26. The highest BCUT2D eigenvalue weighted by Crippen LogP contribution is 2.40. The second-order valence-electron chi connectivity index (χ2n) is 4.42. The molecule has 82 valence electrons. The minimum atomic E-state index is 0.217. The van der Waals surface area contributed by atoms with Crippen LogP contribution in [0.3, 0.4) is 0 Å². The second kappa shape index (κ2) is 4.23. The smallest absolute Gasteiger partial charge is 0.119 e. The number of benzene rings is 1. The molecule has 1 aromatic carbocycles. The van der Waals surface area contributed by atoms with Gasteiger partial charge < -0.3 is 10.5 Å². The first kappa shape index (κ1) is 10.5. The minimum Gasteiger partial charge on any atom is -0.497 e. The maximum atomic E-state index is 5.95. The maximum absolute atomic E-state index is 5.95. The van der Waals surface area contributed by atoms with E-state index in [2.05, 4.69) is 18.2 Å². The molecular formula is C13H19NO. The van der Waals surface area contributed by atoms with E-state index in [4.69, 9.17) is 10.5 Å². The zero-order chi connectivity index (χ0) is 10.7. The SMILES string of the molecule is COc1cccc(C2(CN)CCCC2)c1. The largest absolute Gasteiger partial charge is 0.497 e.